The van der Waals surface area contributed by atoms with Crippen molar-refractivity contribution in [1.29, 1.82) is 0 Å². The molecule has 2 aromatic carbocycles. The average Bonchev–Trinajstić information content (AvgIpc) is 3.18. The van der Waals surface area contributed by atoms with Crippen LogP contribution < -0.4 is 19.7 Å². The zero-order valence-electron chi connectivity index (χ0n) is 17.8. The molecule has 0 amide bonds. The molecule has 1 aromatic heterocycles. The molecule has 0 bridgehead atoms. The van der Waals surface area contributed by atoms with Gasteiger partial charge in [-0.25, -0.2) is 4.98 Å². The lowest BCUT2D eigenvalue weighted by atomic mass is 10.2. The third-order valence-corrected chi connectivity index (χ3v) is 5.96. The SMILES string of the molecule is CCCNCCCN(c1ccc(OC)c(OC)c1)c1nc2ccc(CC)cc2s1. The standard InChI is InChI=1S/C23H31N3O2S/c1-5-12-24-13-7-14-26(18-9-11-20(27-3)21(16-18)28-4)23-25-19-10-8-17(6-2)15-22(19)29-23/h8-11,15-16,24H,5-7,12-14H2,1-4H3. The van der Waals surface area contributed by atoms with Gasteiger partial charge in [0.2, 0.25) is 0 Å². The predicted octanol–water partition coefficient (Wildman–Crippen LogP) is 5.40. The number of anilines is 2. The maximum absolute atomic E-state index is 5.53. The molecule has 0 saturated heterocycles. The molecule has 6 heteroatoms. The van der Waals surface area contributed by atoms with E-state index in [1.807, 2.05) is 12.1 Å². The molecule has 1 N–H and O–H groups in total. The Morgan fingerprint density at radius 3 is 2.55 bits per heavy atom. The van der Waals surface area contributed by atoms with Gasteiger partial charge in [0, 0.05) is 18.3 Å². The Bertz CT molecular complexity index is 926. The van der Waals surface area contributed by atoms with Gasteiger partial charge >= 0.3 is 0 Å². The van der Waals surface area contributed by atoms with E-state index in [-0.39, 0.29) is 0 Å². The van der Waals surface area contributed by atoms with Crippen LogP contribution in [-0.2, 0) is 6.42 Å². The van der Waals surface area contributed by atoms with Crippen LogP contribution in [0.2, 0.25) is 0 Å². The van der Waals surface area contributed by atoms with Crippen LogP contribution in [0.25, 0.3) is 10.2 Å². The summed E-state index contributed by atoms with van der Waals surface area (Å²) in [6.45, 7) is 7.30. The van der Waals surface area contributed by atoms with Crippen LogP contribution in [0.4, 0.5) is 10.8 Å². The maximum atomic E-state index is 5.53. The summed E-state index contributed by atoms with van der Waals surface area (Å²) >= 11 is 1.74. The number of hydrogen-bond donors (Lipinski definition) is 1. The van der Waals surface area contributed by atoms with Crippen molar-refractivity contribution in [1.82, 2.24) is 10.3 Å². The Labute approximate surface area is 177 Å². The second-order valence-corrected chi connectivity index (χ2v) is 7.96. The van der Waals surface area contributed by atoms with Gasteiger partial charge in [0.15, 0.2) is 16.6 Å². The molecule has 3 aromatic rings. The zero-order valence-corrected chi connectivity index (χ0v) is 18.6. The molecule has 0 aliphatic heterocycles. The topological polar surface area (TPSA) is 46.6 Å². The van der Waals surface area contributed by atoms with Crippen LogP contribution >= 0.6 is 11.3 Å². The third kappa shape index (κ3) is 5.19. The summed E-state index contributed by atoms with van der Waals surface area (Å²) in [6, 6.07) is 12.6. The number of nitrogens with one attached hydrogen (secondary N) is 1. The highest BCUT2D eigenvalue weighted by molar-refractivity contribution is 7.22. The second kappa shape index (κ2) is 10.5. The van der Waals surface area contributed by atoms with E-state index >= 15 is 0 Å². The molecule has 0 aliphatic rings. The van der Waals surface area contributed by atoms with Crippen LogP contribution in [0.15, 0.2) is 36.4 Å². The summed E-state index contributed by atoms with van der Waals surface area (Å²) in [6.07, 6.45) is 3.22. The molecule has 0 spiro atoms. The van der Waals surface area contributed by atoms with Crippen molar-refractivity contribution in [3.8, 4) is 11.5 Å². The van der Waals surface area contributed by atoms with Gasteiger partial charge in [0.1, 0.15) is 0 Å². The van der Waals surface area contributed by atoms with E-state index in [4.69, 9.17) is 14.5 Å². The Kier molecular flexibility index (Phi) is 7.72. The molecule has 0 atom stereocenters. The summed E-state index contributed by atoms with van der Waals surface area (Å²) in [5.41, 5.74) is 3.46. The molecule has 0 aliphatic carbocycles. The fraction of sp³-hybridized carbons (Fsp3) is 0.435. The Morgan fingerprint density at radius 1 is 1.00 bits per heavy atom. The minimum Gasteiger partial charge on any atom is -0.493 e. The van der Waals surface area contributed by atoms with Crippen LogP contribution in [-0.4, -0.2) is 38.8 Å². The molecular formula is C23H31N3O2S. The number of ether oxygens (including phenoxy) is 2. The number of benzene rings is 2. The molecular weight excluding hydrogens is 382 g/mol. The molecule has 0 unspecified atom stereocenters. The maximum Gasteiger partial charge on any atom is 0.190 e. The number of aryl methyl sites for hydroxylation is 1. The van der Waals surface area contributed by atoms with Crippen molar-refractivity contribution < 1.29 is 9.47 Å². The quantitative estimate of drug-likeness (QED) is 0.426. The van der Waals surface area contributed by atoms with E-state index in [0.717, 1.165) is 66.7 Å². The van der Waals surface area contributed by atoms with Crippen LogP contribution in [0, 0.1) is 0 Å². The van der Waals surface area contributed by atoms with Gasteiger partial charge in [-0.3, -0.25) is 0 Å². The molecule has 5 nitrogen and oxygen atoms in total. The first kappa shape index (κ1) is 21.4. The lowest BCUT2D eigenvalue weighted by molar-refractivity contribution is 0.355. The summed E-state index contributed by atoms with van der Waals surface area (Å²) in [5.74, 6) is 1.46. The summed E-state index contributed by atoms with van der Waals surface area (Å²) < 4.78 is 12.2. The molecule has 156 valence electrons. The second-order valence-electron chi connectivity index (χ2n) is 6.95. The van der Waals surface area contributed by atoms with Crippen LogP contribution in [0.1, 0.15) is 32.3 Å². The lowest BCUT2D eigenvalue weighted by Crippen LogP contribution is -2.24. The van der Waals surface area contributed by atoms with E-state index in [2.05, 4.69) is 48.3 Å². The van der Waals surface area contributed by atoms with Crippen LogP contribution in [0.3, 0.4) is 0 Å². The molecule has 0 radical (unpaired) electrons. The minimum atomic E-state index is 0.730. The van der Waals surface area contributed by atoms with E-state index in [1.165, 1.54) is 10.3 Å². The van der Waals surface area contributed by atoms with E-state index in [9.17, 15) is 0 Å². The monoisotopic (exact) mass is 413 g/mol. The molecule has 29 heavy (non-hydrogen) atoms. The van der Waals surface area contributed by atoms with E-state index < -0.39 is 0 Å². The molecule has 0 fully saturated rings. The Hall–Kier alpha value is -2.31. The van der Waals surface area contributed by atoms with Gasteiger partial charge in [0.05, 0.1) is 24.4 Å². The number of methoxy groups -OCH3 is 2. The first-order valence-corrected chi connectivity index (χ1v) is 11.1. The molecule has 0 saturated carbocycles. The van der Waals surface area contributed by atoms with Crippen LogP contribution in [0.5, 0.6) is 11.5 Å². The summed E-state index contributed by atoms with van der Waals surface area (Å²) in [7, 11) is 3.33. The van der Waals surface area contributed by atoms with Crippen molar-refractivity contribution in [3.63, 3.8) is 0 Å². The Balaban J connectivity index is 1.92. The zero-order chi connectivity index (χ0) is 20.6. The first-order valence-electron chi connectivity index (χ1n) is 10.3. The highest BCUT2D eigenvalue weighted by Gasteiger charge is 2.17. The van der Waals surface area contributed by atoms with Crippen molar-refractivity contribution in [2.24, 2.45) is 0 Å². The summed E-state index contributed by atoms with van der Waals surface area (Å²) in [4.78, 5) is 7.21. The third-order valence-electron chi connectivity index (χ3n) is 4.92. The molecule has 3 rings (SSSR count). The smallest absolute Gasteiger partial charge is 0.190 e. The number of hydrogen-bond acceptors (Lipinski definition) is 6. The van der Waals surface area contributed by atoms with Crippen molar-refractivity contribution >= 4 is 32.4 Å². The largest absolute Gasteiger partial charge is 0.493 e. The highest BCUT2D eigenvalue weighted by atomic mass is 32.1. The number of rotatable bonds is 11. The predicted molar refractivity (Wildman–Crippen MR) is 123 cm³/mol. The lowest BCUT2D eigenvalue weighted by Gasteiger charge is -2.23. The van der Waals surface area contributed by atoms with Gasteiger partial charge in [-0.2, -0.15) is 0 Å². The number of nitrogens with zero attached hydrogens (tertiary/aromatic N) is 2. The molecule has 1 heterocycles. The Morgan fingerprint density at radius 2 is 1.83 bits per heavy atom. The fourth-order valence-electron chi connectivity index (χ4n) is 3.28. The van der Waals surface area contributed by atoms with Gasteiger partial charge in [-0.05, 0) is 62.2 Å². The number of fused-ring (bicyclic) bond motifs is 1. The van der Waals surface area contributed by atoms with Gasteiger partial charge in [0.25, 0.3) is 0 Å². The van der Waals surface area contributed by atoms with Crippen molar-refractivity contribution in [2.45, 2.75) is 33.1 Å². The number of thiazole rings is 1. The number of aromatic nitrogens is 1. The normalized spacial score (nSPS) is 11.0. The minimum absolute atomic E-state index is 0.730. The van der Waals surface area contributed by atoms with Crippen molar-refractivity contribution in [2.75, 3.05) is 38.8 Å². The first-order chi connectivity index (χ1) is 14.2. The highest BCUT2D eigenvalue weighted by Crippen LogP contribution is 2.38. The van der Waals surface area contributed by atoms with Crippen molar-refractivity contribution in [3.05, 3.63) is 42.0 Å². The van der Waals surface area contributed by atoms with Gasteiger partial charge < -0.3 is 19.7 Å². The van der Waals surface area contributed by atoms with E-state index in [1.54, 1.807) is 25.6 Å². The average molecular weight is 414 g/mol. The fourth-order valence-corrected chi connectivity index (χ4v) is 4.36. The van der Waals surface area contributed by atoms with Gasteiger partial charge in [-0.15, -0.1) is 0 Å². The summed E-state index contributed by atoms with van der Waals surface area (Å²) in [5, 5.41) is 4.50. The van der Waals surface area contributed by atoms with E-state index in [0.29, 0.717) is 0 Å². The van der Waals surface area contributed by atoms with Gasteiger partial charge in [-0.1, -0.05) is 31.3 Å².